The normalized spacial score (nSPS) is 8.64. The van der Waals surface area contributed by atoms with Crippen molar-refractivity contribution in [3.8, 4) is 0 Å². The number of carboxylic acid groups (broad SMARTS) is 5. The number of nitrogens with zero attached hydrogens (tertiary/aromatic N) is 1. The van der Waals surface area contributed by atoms with Gasteiger partial charge in [0.15, 0.2) is 0 Å². The number of rotatable bonds is 24. The summed E-state index contributed by atoms with van der Waals surface area (Å²) in [6.45, 7) is 16.1. The number of nitrogens with one attached hydrogen (secondary N) is 6. The molecule has 0 saturated carbocycles. The van der Waals surface area contributed by atoms with Crippen molar-refractivity contribution >= 4 is 83.1 Å². The van der Waals surface area contributed by atoms with E-state index in [0.29, 0.717) is 32.7 Å². The number of esters is 2. The Labute approximate surface area is 450 Å². The molecule has 0 aliphatic heterocycles. The van der Waals surface area contributed by atoms with Gasteiger partial charge in [0.05, 0.1) is 70.8 Å². The third-order valence-electron chi connectivity index (χ3n) is 6.29. The van der Waals surface area contributed by atoms with Gasteiger partial charge in [-0.25, -0.2) is 4.79 Å². The fraction of sp³-hybridized carbons (Fsp3) is 0.659. The number of nitrogens with two attached hydrogens (primary N) is 1. The average molecular weight is 1090 g/mol. The Morgan fingerprint density at radius 2 is 0.838 bits per heavy atom. The molecule has 0 heterocycles. The summed E-state index contributed by atoms with van der Waals surface area (Å²) in [5, 5.41) is 72.9. The van der Waals surface area contributed by atoms with E-state index in [1.165, 1.54) is 47.0 Å². The molecule has 74 heavy (non-hydrogen) atoms. The molecule has 0 aliphatic carbocycles. The zero-order chi connectivity index (χ0) is 58.9. The third-order valence-corrected chi connectivity index (χ3v) is 6.29. The minimum atomic E-state index is -1.75. The molecule has 0 rings (SSSR count). The number of ether oxygens (including phenoxy) is 2. The van der Waals surface area contributed by atoms with Crippen LogP contribution in [-0.2, 0) is 76.6 Å². The van der Waals surface area contributed by atoms with Gasteiger partial charge in [-0.2, -0.15) is 0 Å². The van der Waals surface area contributed by atoms with Crippen molar-refractivity contribution in [2.45, 2.75) is 114 Å². The van der Waals surface area contributed by atoms with Crippen LogP contribution >= 0.6 is 0 Å². The summed E-state index contributed by atoms with van der Waals surface area (Å²) >= 11 is 0. The summed E-state index contributed by atoms with van der Waals surface area (Å²) < 4.78 is 8.98. The largest absolute Gasteiger partial charge is 1.00 e. The van der Waals surface area contributed by atoms with Crippen LogP contribution in [0.15, 0.2) is 0 Å². The van der Waals surface area contributed by atoms with Gasteiger partial charge in [-0.15, -0.1) is 0 Å². The van der Waals surface area contributed by atoms with Crippen LogP contribution in [0.5, 0.6) is 0 Å². The molecule has 424 valence electrons. The second kappa shape index (κ2) is 64.0. The van der Waals surface area contributed by atoms with Crippen molar-refractivity contribution in [3.63, 3.8) is 0 Å². The van der Waals surface area contributed by atoms with E-state index in [1.807, 2.05) is 0 Å². The van der Waals surface area contributed by atoms with Crippen LogP contribution in [0.25, 0.3) is 0 Å². The molecule has 33 heteroatoms. The zero-order valence-corrected chi connectivity index (χ0v) is 45.9. The molecular weight excluding hydrogens is 1010 g/mol. The van der Waals surface area contributed by atoms with E-state index in [4.69, 9.17) is 35.7 Å². The predicted octanol–water partition coefficient (Wildman–Crippen LogP) is -6.82. The van der Waals surface area contributed by atoms with Crippen molar-refractivity contribution in [2.75, 3.05) is 59.5 Å². The van der Waals surface area contributed by atoms with E-state index in [2.05, 4.69) is 41.4 Å². The number of hydrogen-bond donors (Lipinski definition) is 11. The van der Waals surface area contributed by atoms with E-state index in [9.17, 15) is 72.2 Å². The van der Waals surface area contributed by atoms with E-state index in [-0.39, 0.29) is 160 Å². The Morgan fingerprint density at radius 3 is 1.11 bits per heavy atom. The first kappa shape index (κ1) is 86.7. The van der Waals surface area contributed by atoms with Gasteiger partial charge < -0.3 is 87.0 Å². The predicted molar refractivity (Wildman–Crippen MR) is 250 cm³/mol. The van der Waals surface area contributed by atoms with Crippen molar-refractivity contribution in [1.29, 1.82) is 0 Å². The molecule has 0 atom stereocenters. The minimum Gasteiger partial charge on any atom is -0.550 e. The SMILES string of the molecule is CC(=O)NCCC(=O)O.CC(=O)NCCC(=O)[O-].CC(=O)[NH2+]CCC(=O)O.CC(C)C(=O)NCCC(=O)O.CCC(=O)NCCC(=O)O.CCOC(=O)CCNC(C)=O.COC(=O)CCNC(C)=O.O=[N+]([O-])[O-].[Na+]. The number of hydrogen-bond acceptors (Lipinski definition) is 20. The van der Waals surface area contributed by atoms with Crippen molar-refractivity contribution in [1.82, 2.24) is 31.9 Å². The maximum atomic E-state index is 10.8. The molecule has 0 aliphatic rings. The molecule has 0 spiro atoms. The smallest absolute Gasteiger partial charge is 0.550 e. The van der Waals surface area contributed by atoms with Crippen LogP contribution < -0.4 is 71.9 Å². The molecule has 32 nitrogen and oxygen atoms in total. The van der Waals surface area contributed by atoms with Gasteiger partial charge in [-0.05, 0) is 6.92 Å². The molecule has 0 aromatic heterocycles. The van der Waals surface area contributed by atoms with Crippen LogP contribution in [0.3, 0.4) is 0 Å². The van der Waals surface area contributed by atoms with Crippen LogP contribution in [0, 0.1) is 21.2 Å². The average Bonchev–Trinajstić information content (AvgIpc) is 3.23. The quantitative estimate of drug-likeness (QED) is 0.0185. The molecular formula is C41H75N8NaO24. The molecule has 0 aromatic carbocycles. The van der Waals surface area contributed by atoms with E-state index in [1.54, 1.807) is 27.7 Å². The van der Waals surface area contributed by atoms with E-state index in [0.717, 1.165) is 0 Å². The first-order chi connectivity index (χ1) is 33.6. The minimum absolute atomic E-state index is 0. The van der Waals surface area contributed by atoms with Crippen LogP contribution in [0.1, 0.15) is 114 Å². The van der Waals surface area contributed by atoms with Crippen molar-refractivity contribution in [2.24, 2.45) is 5.92 Å². The topological polar surface area (TPSA) is 516 Å². The van der Waals surface area contributed by atoms with Gasteiger partial charge in [0.1, 0.15) is 0 Å². The number of carbonyl (C=O) groups excluding carboxylic acids is 10. The van der Waals surface area contributed by atoms with Gasteiger partial charge in [0.25, 0.3) is 0 Å². The first-order valence-electron chi connectivity index (χ1n) is 21.6. The molecule has 0 radical (unpaired) electrons. The van der Waals surface area contributed by atoms with Gasteiger partial charge in [0.2, 0.25) is 35.4 Å². The molecule has 12 N–H and O–H groups in total. The summed E-state index contributed by atoms with van der Waals surface area (Å²) in [6.07, 6.45) is 0.756. The van der Waals surface area contributed by atoms with Crippen LogP contribution in [0.2, 0.25) is 0 Å². The molecule has 0 aromatic rings. The number of carboxylic acids is 5. The number of primary amides is 1. The van der Waals surface area contributed by atoms with Crippen LogP contribution in [0.4, 0.5) is 0 Å². The number of aliphatic carboxylic acids is 5. The number of methoxy groups -OCH3 is 1. The second-order valence-electron chi connectivity index (χ2n) is 13.5. The van der Waals surface area contributed by atoms with E-state index < -0.39 is 34.9 Å². The second-order valence-corrected chi connectivity index (χ2v) is 13.5. The number of carbonyl (C=O) groups is 14. The van der Waals surface area contributed by atoms with Gasteiger partial charge in [0, 0.05) is 91.7 Å². The van der Waals surface area contributed by atoms with Gasteiger partial charge in [-0.1, -0.05) is 20.8 Å². The van der Waals surface area contributed by atoms with Gasteiger partial charge >= 0.3 is 71.3 Å². The Hall–Kier alpha value is -7.06. The molecule has 7 amide bonds. The Morgan fingerprint density at radius 1 is 0.527 bits per heavy atom. The number of quaternary nitrogens is 1. The van der Waals surface area contributed by atoms with E-state index >= 15 is 0 Å². The van der Waals surface area contributed by atoms with Crippen molar-refractivity contribution in [3.05, 3.63) is 15.3 Å². The van der Waals surface area contributed by atoms with Crippen LogP contribution in [-0.4, -0.2) is 168 Å². The maximum Gasteiger partial charge on any atom is 1.00 e. The monoisotopic (exact) mass is 1090 g/mol. The van der Waals surface area contributed by atoms with Gasteiger partial charge in [-0.3, -0.25) is 62.9 Å². The molecule has 0 fully saturated rings. The molecule has 0 bridgehead atoms. The number of amides is 7. The summed E-state index contributed by atoms with van der Waals surface area (Å²) in [5.74, 6) is -6.35. The summed E-state index contributed by atoms with van der Waals surface area (Å²) in [6, 6.07) is 0. The third kappa shape index (κ3) is 126. The Kier molecular flexibility index (Phi) is 74.9. The summed E-state index contributed by atoms with van der Waals surface area (Å²) in [4.78, 5) is 151. The fourth-order valence-electron chi connectivity index (χ4n) is 3.03. The Bertz CT molecular complexity index is 1520. The molecule has 0 saturated heterocycles. The maximum absolute atomic E-state index is 10.8. The summed E-state index contributed by atoms with van der Waals surface area (Å²) in [7, 11) is 1.32. The van der Waals surface area contributed by atoms with Crippen molar-refractivity contribution < 1.29 is 142 Å². The Balaban J connectivity index is -0.0000000939. The summed E-state index contributed by atoms with van der Waals surface area (Å²) in [5.41, 5.74) is 0. The fourth-order valence-corrected chi connectivity index (χ4v) is 3.03. The zero-order valence-electron chi connectivity index (χ0n) is 43.9. The molecule has 0 unspecified atom stereocenters. The standard InChI is InChI=1S/2C7H13NO3.2C6H11NO3.3C5H9NO3.NO3.Na/c1-5(2)7(11)8-4-3-6(9)10;1-3-11-7(10)4-5-8-6(2)9;1-5(8)7-4-3-6(9)10-2;1-2-5(8)7-4-3-6(9)10;3*1-4(7)6-3-2-5(8)9;2-1(3)4;/h5H,3-4H2,1-2H3,(H,8,11)(H,9,10);3-5H2,1-2H3,(H,8,9);3-4H2,1-2H3,(H,7,8);2-4H2,1H3,(H,7,8)(H,9,10);3*2-3H2,1H3,(H,6,7)(H,8,9);;/q;;;;;;;-1;+1. The first-order valence-corrected chi connectivity index (χ1v) is 21.6.